The van der Waals surface area contributed by atoms with Gasteiger partial charge in [0, 0.05) is 12.8 Å². The number of benzene rings is 1. The van der Waals surface area contributed by atoms with E-state index >= 15 is 0 Å². The molecule has 0 fully saturated rings. The average Bonchev–Trinajstić information content (AvgIpc) is 2.36. The predicted molar refractivity (Wildman–Crippen MR) is 79.8 cm³/mol. The second-order valence-corrected chi connectivity index (χ2v) is 7.03. The Morgan fingerprint density at radius 1 is 1.33 bits per heavy atom. The molecule has 116 valence electrons. The highest BCUT2D eigenvalue weighted by molar-refractivity contribution is 7.90. The van der Waals surface area contributed by atoms with Crippen LogP contribution < -0.4 is 10.6 Å². The minimum absolute atomic E-state index is 0.0126. The van der Waals surface area contributed by atoms with Crippen molar-refractivity contribution >= 4 is 39.1 Å². The molecule has 0 aliphatic rings. The van der Waals surface area contributed by atoms with E-state index in [-0.39, 0.29) is 28.6 Å². The van der Waals surface area contributed by atoms with Crippen molar-refractivity contribution in [1.29, 1.82) is 0 Å². The Hall–Kier alpha value is -1.80. The fourth-order valence-corrected chi connectivity index (χ4v) is 2.35. The van der Waals surface area contributed by atoms with Crippen LogP contribution in [0.1, 0.15) is 16.8 Å². The highest BCUT2D eigenvalue weighted by Gasteiger charge is 2.09. The number of anilines is 1. The molecule has 9 heteroatoms. The van der Waals surface area contributed by atoms with Crippen LogP contribution in [-0.4, -0.2) is 44.1 Å². The van der Waals surface area contributed by atoms with Crippen molar-refractivity contribution in [1.82, 2.24) is 5.32 Å². The van der Waals surface area contributed by atoms with E-state index in [9.17, 15) is 18.0 Å². The van der Waals surface area contributed by atoms with Gasteiger partial charge in [-0.15, -0.1) is 0 Å². The molecule has 0 atom stereocenters. The number of carbonyl (C=O) groups excluding carboxylic acids is 1. The summed E-state index contributed by atoms with van der Waals surface area (Å²) in [6.07, 6.45) is 1.43. The third-order valence-electron chi connectivity index (χ3n) is 2.44. The molecular formula is C12H15ClN2O5S. The molecule has 0 saturated carbocycles. The molecule has 7 nitrogen and oxygen atoms in total. The smallest absolute Gasteiger partial charge is 0.335 e. The fourth-order valence-electron chi connectivity index (χ4n) is 1.45. The maximum atomic E-state index is 11.6. The number of urea groups is 1. The molecule has 0 radical (unpaired) electrons. The molecule has 1 rings (SSSR count). The van der Waals surface area contributed by atoms with Crippen LogP contribution in [0.5, 0.6) is 0 Å². The summed E-state index contributed by atoms with van der Waals surface area (Å²) in [5, 5.41) is 13.8. The van der Waals surface area contributed by atoms with Crippen LogP contribution in [-0.2, 0) is 9.84 Å². The van der Waals surface area contributed by atoms with Gasteiger partial charge in [-0.25, -0.2) is 18.0 Å². The van der Waals surface area contributed by atoms with E-state index in [1.807, 2.05) is 0 Å². The van der Waals surface area contributed by atoms with Crippen LogP contribution in [0, 0.1) is 0 Å². The fraction of sp³-hybridized carbons (Fsp3) is 0.333. The molecule has 1 aromatic carbocycles. The van der Waals surface area contributed by atoms with Gasteiger partial charge in [-0.3, -0.25) is 0 Å². The second-order valence-electron chi connectivity index (χ2n) is 4.36. The normalized spacial score (nSPS) is 11.0. The molecule has 0 aliphatic carbocycles. The summed E-state index contributed by atoms with van der Waals surface area (Å²) in [7, 11) is -3.05. The number of rotatable bonds is 6. The number of carbonyl (C=O) groups is 2. The highest BCUT2D eigenvalue weighted by atomic mass is 35.5. The molecule has 21 heavy (non-hydrogen) atoms. The van der Waals surface area contributed by atoms with Gasteiger partial charge in [-0.1, -0.05) is 11.6 Å². The van der Waals surface area contributed by atoms with Gasteiger partial charge >= 0.3 is 12.0 Å². The Kier molecular flexibility index (Phi) is 5.98. The Bertz CT molecular complexity index is 645. The van der Waals surface area contributed by atoms with Crippen molar-refractivity contribution in [3.8, 4) is 0 Å². The minimum Gasteiger partial charge on any atom is -0.478 e. The van der Waals surface area contributed by atoms with E-state index in [0.717, 1.165) is 6.26 Å². The maximum Gasteiger partial charge on any atom is 0.335 e. The minimum atomic E-state index is -3.05. The second kappa shape index (κ2) is 7.28. The molecule has 0 saturated heterocycles. The Labute approximate surface area is 127 Å². The van der Waals surface area contributed by atoms with Crippen molar-refractivity contribution in [2.45, 2.75) is 6.42 Å². The molecular weight excluding hydrogens is 320 g/mol. The lowest BCUT2D eigenvalue weighted by Crippen LogP contribution is -2.30. The zero-order valence-corrected chi connectivity index (χ0v) is 12.8. The topological polar surface area (TPSA) is 113 Å². The molecule has 2 amide bonds. The summed E-state index contributed by atoms with van der Waals surface area (Å²) >= 11 is 5.85. The first kappa shape index (κ1) is 17.3. The van der Waals surface area contributed by atoms with Gasteiger partial charge in [-0.05, 0) is 24.6 Å². The van der Waals surface area contributed by atoms with Crippen molar-refractivity contribution in [2.24, 2.45) is 0 Å². The van der Waals surface area contributed by atoms with Gasteiger partial charge in [0.1, 0.15) is 9.84 Å². The molecule has 3 N–H and O–H groups in total. The third-order valence-corrected chi connectivity index (χ3v) is 3.78. The summed E-state index contributed by atoms with van der Waals surface area (Å²) in [5.41, 5.74) is 0.279. The molecule has 0 bridgehead atoms. The van der Waals surface area contributed by atoms with Crippen molar-refractivity contribution in [3.05, 3.63) is 28.8 Å². The van der Waals surface area contributed by atoms with Crippen LogP contribution in [0.2, 0.25) is 5.02 Å². The summed E-state index contributed by atoms with van der Waals surface area (Å²) in [5.74, 6) is -1.13. The molecule has 0 aliphatic heterocycles. The number of aromatic carboxylic acids is 1. The van der Waals surface area contributed by atoms with Gasteiger partial charge in [0.05, 0.1) is 22.0 Å². The number of sulfone groups is 1. The van der Waals surface area contributed by atoms with Crippen molar-refractivity contribution in [3.63, 3.8) is 0 Å². The standard InChI is InChI=1S/C12H15ClN2O5S/c1-21(19,20)6-2-5-14-12(18)15-10-4-3-8(11(16)17)7-9(10)13/h3-4,7H,2,5-6H2,1H3,(H,16,17)(H2,14,15,18). The zero-order chi connectivity index (χ0) is 16.0. The number of carboxylic acid groups (broad SMARTS) is 1. The van der Waals surface area contributed by atoms with Crippen LogP contribution in [0.25, 0.3) is 0 Å². The Balaban J connectivity index is 2.50. The lowest BCUT2D eigenvalue weighted by molar-refractivity contribution is 0.0697. The number of amides is 2. The molecule has 1 aromatic rings. The Morgan fingerprint density at radius 3 is 2.52 bits per heavy atom. The highest BCUT2D eigenvalue weighted by Crippen LogP contribution is 2.22. The average molecular weight is 335 g/mol. The van der Waals surface area contributed by atoms with Crippen LogP contribution in [0.3, 0.4) is 0 Å². The lowest BCUT2D eigenvalue weighted by atomic mass is 10.2. The number of nitrogens with one attached hydrogen (secondary N) is 2. The van der Waals surface area contributed by atoms with Gasteiger partial charge in [0.2, 0.25) is 0 Å². The lowest BCUT2D eigenvalue weighted by Gasteiger charge is -2.09. The van der Waals surface area contributed by atoms with Gasteiger partial charge in [0.15, 0.2) is 0 Å². The predicted octanol–water partition coefficient (Wildman–Crippen LogP) is 1.59. The summed E-state index contributed by atoms with van der Waals surface area (Å²) in [6, 6.07) is 3.37. The van der Waals surface area contributed by atoms with Gasteiger partial charge in [0.25, 0.3) is 0 Å². The van der Waals surface area contributed by atoms with Crippen LogP contribution >= 0.6 is 11.6 Å². The summed E-state index contributed by atoms with van der Waals surface area (Å²) in [4.78, 5) is 22.3. The first-order chi connectivity index (χ1) is 9.69. The van der Waals surface area contributed by atoms with Crippen molar-refractivity contribution in [2.75, 3.05) is 23.9 Å². The monoisotopic (exact) mass is 334 g/mol. The van der Waals surface area contributed by atoms with Crippen LogP contribution in [0.15, 0.2) is 18.2 Å². The molecule has 0 heterocycles. The summed E-state index contributed by atoms with van der Waals surface area (Å²) in [6.45, 7) is 0.198. The van der Waals surface area contributed by atoms with Gasteiger partial charge in [-0.2, -0.15) is 0 Å². The number of carboxylic acids is 1. The molecule has 0 aromatic heterocycles. The largest absolute Gasteiger partial charge is 0.478 e. The van der Waals surface area contributed by atoms with E-state index in [0.29, 0.717) is 6.42 Å². The van der Waals surface area contributed by atoms with Crippen molar-refractivity contribution < 1.29 is 23.1 Å². The van der Waals surface area contributed by atoms with Gasteiger partial charge < -0.3 is 15.7 Å². The number of hydrogen-bond acceptors (Lipinski definition) is 4. The Morgan fingerprint density at radius 2 is 2.00 bits per heavy atom. The number of hydrogen-bond donors (Lipinski definition) is 3. The van der Waals surface area contributed by atoms with E-state index < -0.39 is 21.8 Å². The first-order valence-electron chi connectivity index (χ1n) is 5.94. The summed E-state index contributed by atoms with van der Waals surface area (Å²) < 4.78 is 21.8. The molecule has 0 spiro atoms. The van der Waals surface area contributed by atoms with E-state index in [1.54, 1.807) is 0 Å². The quantitative estimate of drug-likeness (QED) is 0.684. The van der Waals surface area contributed by atoms with E-state index in [2.05, 4.69) is 10.6 Å². The zero-order valence-electron chi connectivity index (χ0n) is 11.2. The molecule has 0 unspecified atom stereocenters. The first-order valence-corrected chi connectivity index (χ1v) is 8.38. The number of halogens is 1. The SMILES string of the molecule is CS(=O)(=O)CCCNC(=O)Nc1ccc(C(=O)O)cc1Cl. The third kappa shape index (κ3) is 6.46. The maximum absolute atomic E-state index is 11.6. The van der Waals surface area contributed by atoms with E-state index in [1.165, 1.54) is 18.2 Å². The van der Waals surface area contributed by atoms with E-state index in [4.69, 9.17) is 16.7 Å². The van der Waals surface area contributed by atoms with Crippen LogP contribution in [0.4, 0.5) is 10.5 Å².